The molecule has 158 valence electrons. The minimum absolute atomic E-state index is 0. The molecule has 0 radical (unpaired) electrons. The largest absolute Gasteiger partial charge is 0.379 e. The van der Waals surface area contributed by atoms with Gasteiger partial charge >= 0.3 is 0 Å². The molecule has 1 unspecified atom stereocenters. The van der Waals surface area contributed by atoms with Gasteiger partial charge in [0.25, 0.3) is 0 Å². The van der Waals surface area contributed by atoms with Crippen LogP contribution in [0.2, 0.25) is 0 Å². The van der Waals surface area contributed by atoms with Crippen molar-refractivity contribution in [3.8, 4) is 0 Å². The Hall–Kier alpha value is -1.71. The Morgan fingerprint density at radius 2 is 1.76 bits per heavy atom. The SMILES string of the molecule is CN=C(NCCc1ccccc1F)NCC(c1ccccc1)N1CCOCC1.I. The number of aliphatic imine (C=N–C) groups is 1. The maximum absolute atomic E-state index is 13.8. The number of nitrogens with one attached hydrogen (secondary N) is 2. The van der Waals surface area contributed by atoms with Gasteiger partial charge in [0.1, 0.15) is 5.82 Å². The molecule has 2 aromatic carbocycles. The van der Waals surface area contributed by atoms with Crippen molar-refractivity contribution in [2.24, 2.45) is 4.99 Å². The van der Waals surface area contributed by atoms with E-state index in [2.05, 4.69) is 44.8 Å². The zero-order chi connectivity index (χ0) is 19.6. The van der Waals surface area contributed by atoms with Crippen LogP contribution in [0.5, 0.6) is 0 Å². The second-order valence-corrected chi connectivity index (χ2v) is 6.80. The average molecular weight is 512 g/mol. The summed E-state index contributed by atoms with van der Waals surface area (Å²) in [6, 6.07) is 17.6. The summed E-state index contributed by atoms with van der Waals surface area (Å²) in [5, 5.41) is 6.71. The van der Waals surface area contributed by atoms with Crippen LogP contribution in [0.1, 0.15) is 17.2 Å². The van der Waals surface area contributed by atoms with E-state index in [0.717, 1.165) is 38.8 Å². The lowest BCUT2D eigenvalue weighted by Crippen LogP contribution is -2.46. The van der Waals surface area contributed by atoms with E-state index in [1.54, 1.807) is 13.1 Å². The van der Waals surface area contributed by atoms with Crippen molar-refractivity contribution in [1.82, 2.24) is 15.5 Å². The smallest absolute Gasteiger partial charge is 0.191 e. The van der Waals surface area contributed by atoms with Gasteiger partial charge in [-0.3, -0.25) is 9.89 Å². The van der Waals surface area contributed by atoms with Crippen LogP contribution in [-0.4, -0.2) is 57.3 Å². The molecule has 0 aromatic heterocycles. The van der Waals surface area contributed by atoms with Gasteiger partial charge in [0.15, 0.2) is 5.96 Å². The molecule has 0 amide bonds. The van der Waals surface area contributed by atoms with Gasteiger partial charge in [-0.1, -0.05) is 48.5 Å². The molecule has 2 aromatic rings. The van der Waals surface area contributed by atoms with E-state index in [4.69, 9.17) is 4.74 Å². The Morgan fingerprint density at radius 3 is 2.45 bits per heavy atom. The molecule has 0 saturated carbocycles. The first kappa shape index (κ1) is 23.6. The third kappa shape index (κ3) is 7.24. The van der Waals surface area contributed by atoms with E-state index >= 15 is 0 Å². The highest BCUT2D eigenvalue weighted by molar-refractivity contribution is 14.0. The molecule has 1 atom stereocenters. The first-order chi connectivity index (χ1) is 13.8. The number of rotatable bonds is 7. The lowest BCUT2D eigenvalue weighted by molar-refractivity contribution is 0.0170. The summed E-state index contributed by atoms with van der Waals surface area (Å²) in [5.74, 6) is 0.564. The van der Waals surface area contributed by atoms with Crippen LogP contribution >= 0.6 is 24.0 Å². The second-order valence-electron chi connectivity index (χ2n) is 6.80. The molecule has 0 bridgehead atoms. The molecule has 0 spiro atoms. The number of halogens is 2. The van der Waals surface area contributed by atoms with Crippen molar-refractivity contribution in [3.05, 3.63) is 71.5 Å². The Bertz CT molecular complexity index is 753. The van der Waals surface area contributed by atoms with Crippen LogP contribution in [0.4, 0.5) is 4.39 Å². The van der Waals surface area contributed by atoms with Crippen molar-refractivity contribution >= 4 is 29.9 Å². The fourth-order valence-electron chi connectivity index (χ4n) is 3.45. The van der Waals surface area contributed by atoms with Gasteiger partial charge < -0.3 is 15.4 Å². The Kier molecular flexibility index (Phi) is 10.4. The normalized spacial score (nSPS) is 16.0. The summed E-state index contributed by atoms with van der Waals surface area (Å²) in [7, 11) is 1.75. The molecule has 0 aliphatic carbocycles. The summed E-state index contributed by atoms with van der Waals surface area (Å²) >= 11 is 0. The van der Waals surface area contributed by atoms with Gasteiger partial charge in [0, 0.05) is 33.2 Å². The Labute approximate surface area is 189 Å². The molecule has 1 saturated heterocycles. The standard InChI is InChI=1S/C22H29FN4O.HI/c1-24-22(25-12-11-18-7-5-6-10-20(18)23)26-17-21(19-8-3-2-4-9-19)27-13-15-28-16-14-27;/h2-10,21H,11-17H2,1H3,(H2,24,25,26);1H. The molecule has 1 aliphatic heterocycles. The summed E-state index contributed by atoms with van der Waals surface area (Å²) < 4.78 is 19.3. The average Bonchev–Trinajstić information content (AvgIpc) is 2.75. The van der Waals surface area contributed by atoms with Crippen molar-refractivity contribution in [1.29, 1.82) is 0 Å². The van der Waals surface area contributed by atoms with Gasteiger partial charge in [-0.15, -0.1) is 24.0 Å². The van der Waals surface area contributed by atoms with E-state index in [-0.39, 0.29) is 35.8 Å². The maximum atomic E-state index is 13.8. The van der Waals surface area contributed by atoms with E-state index in [1.165, 1.54) is 11.6 Å². The van der Waals surface area contributed by atoms with Crippen LogP contribution in [0.25, 0.3) is 0 Å². The van der Waals surface area contributed by atoms with E-state index in [0.29, 0.717) is 18.5 Å². The Morgan fingerprint density at radius 1 is 1.07 bits per heavy atom. The third-order valence-corrected chi connectivity index (χ3v) is 5.00. The van der Waals surface area contributed by atoms with Gasteiger partial charge in [0.05, 0.1) is 19.3 Å². The predicted molar refractivity (Wildman–Crippen MR) is 126 cm³/mol. The quantitative estimate of drug-likeness (QED) is 0.340. The lowest BCUT2D eigenvalue weighted by Gasteiger charge is -2.35. The van der Waals surface area contributed by atoms with Gasteiger partial charge in [-0.25, -0.2) is 4.39 Å². The molecule has 1 fully saturated rings. The number of nitrogens with zero attached hydrogens (tertiary/aromatic N) is 2. The zero-order valence-electron chi connectivity index (χ0n) is 16.8. The topological polar surface area (TPSA) is 48.9 Å². The van der Waals surface area contributed by atoms with Crippen LogP contribution < -0.4 is 10.6 Å². The molecule has 29 heavy (non-hydrogen) atoms. The first-order valence-corrected chi connectivity index (χ1v) is 9.82. The van der Waals surface area contributed by atoms with Gasteiger partial charge in [-0.05, 0) is 23.6 Å². The van der Waals surface area contributed by atoms with E-state index in [1.807, 2.05) is 18.2 Å². The number of ether oxygens (including phenoxy) is 1. The van der Waals surface area contributed by atoms with E-state index in [9.17, 15) is 4.39 Å². The fourth-order valence-corrected chi connectivity index (χ4v) is 3.45. The Balaban J connectivity index is 0.00000300. The number of morpholine rings is 1. The summed E-state index contributed by atoms with van der Waals surface area (Å²) in [6.45, 7) is 4.72. The van der Waals surface area contributed by atoms with Crippen LogP contribution in [0, 0.1) is 5.82 Å². The van der Waals surface area contributed by atoms with Gasteiger partial charge in [-0.2, -0.15) is 0 Å². The lowest BCUT2D eigenvalue weighted by atomic mass is 10.0. The number of hydrogen-bond acceptors (Lipinski definition) is 3. The zero-order valence-corrected chi connectivity index (χ0v) is 19.1. The number of hydrogen-bond donors (Lipinski definition) is 2. The molecule has 2 N–H and O–H groups in total. The predicted octanol–water partition coefficient (Wildman–Crippen LogP) is 3.22. The number of guanidine groups is 1. The third-order valence-electron chi connectivity index (χ3n) is 5.00. The van der Waals surface area contributed by atoms with Crippen LogP contribution in [-0.2, 0) is 11.2 Å². The van der Waals surface area contributed by atoms with Crippen molar-refractivity contribution < 1.29 is 9.13 Å². The highest BCUT2D eigenvalue weighted by Crippen LogP contribution is 2.21. The minimum atomic E-state index is -0.163. The minimum Gasteiger partial charge on any atom is -0.379 e. The fraction of sp³-hybridized carbons (Fsp3) is 0.409. The molecule has 3 rings (SSSR count). The summed E-state index contributed by atoms with van der Waals surface area (Å²) in [4.78, 5) is 6.75. The molecular weight excluding hydrogens is 482 g/mol. The maximum Gasteiger partial charge on any atom is 0.191 e. The van der Waals surface area contributed by atoms with Crippen molar-refractivity contribution in [2.45, 2.75) is 12.5 Å². The first-order valence-electron chi connectivity index (χ1n) is 9.82. The van der Waals surface area contributed by atoms with Crippen LogP contribution in [0.15, 0.2) is 59.6 Å². The van der Waals surface area contributed by atoms with Crippen molar-refractivity contribution in [3.63, 3.8) is 0 Å². The summed E-state index contributed by atoms with van der Waals surface area (Å²) in [6.07, 6.45) is 0.610. The number of benzene rings is 2. The van der Waals surface area contributed by atoms with Crippen LogP contribution in [0.3, 0.4) is 0 Å². The highest BCUT2D eigenvalue weighted by Gasteiger charge is 2.22. The monoisotopic (exact) mass is 512 g/mol. The summed E-state index contributed by atoms with van der Waals surface area (Å²) in [5.41, 5.74) is 1.99. The molecule has 1 heterocycles. The second kappa shape index (κ2) is 12.8. The molecular formula is C22H30FIN4O. The highest BCUT2D eigenvalue weighted by atomic mass is 127. The van der Waals surface area contributed by atoms with Gasteiger partial charge in [0.2, 0.25) is 0 Å². The molecule has 5 nitrogen and oxygen atoms in total. The van der Waals surface area contributed by atoms with E-state index < -0.39 is 0 Å². The molecule has 7 heteroatoms. The molecule has 1 aliphatic rings. The van der Waals surface area contributed by atoms with Crippen molar-refractivity contribution in [2.75, 3.05) is 46.4 Å².